The van der Waals surface area contributed by atoms with Gasteiger partial charge in [0.25, 0.3) is 0 Å². The Balaban J connectivity index is 1.95. The van der Waals surface area contributed by atoms with Crippen LogP contribution in [0, 0.1) is 0 Å². The number of anilines is 1. The zero-order valence-electron chi connectivity index (χ0n) is 9.64. The number of hydrogen-bond donors (Lipinski definition) is 1. The van der Waals surface area contributed by atoms with E-state index in [-0.39, 0.29) is 6.29 Å². The first-order valence-electron chi connectivity index (χ1n) is 5.56. The van der Waals surface area contributed by atoms with Gasteiger partial charge in [0.15, 0.2) is 6.29 Å². The molecule has 0 saturated carbocycles. The fourth-order valence-corrected chi connectivity index (χ4v) is 1.56. The van der Waals surface area contributed by atoms with Crippen molar-refractivity contribution in [2.24, 2.45) is 0 Å². The predicted octanol–water partition coefficient (Wildman–Crippen LogP) is 2.30. The number of benzene rings is 1. The highest BCUT2D eigenvalue weighted by Crippen LogP contribution is 2.24. The Bertz CT molecular complexity index is 371. The topological polar surface area (TPSA) is 56.8 Å². The van der Waals surface area contributed by atoms with Gasteiger partial charge in [0.2, 0.25) is 0 Å². The first-order valence-corrected chi connectivity index (χ1v) is 5.56. The SMILES string of the molecule is CCOC(=O)Nc1ccc(C2OCCO2)cc1. The average Bonchev–Trinajstić information content (AvgIpc) is 2.84. The lowest BCUT2D eigenvalue weighted by Gasteiger charge is -2.10. The average molecular weight is 237 g/mol. The summed E-state index contributed by atoms with van der Waals surface area (Å²) in [6.45, 7) is 3.35. The van der Waals surface area contributed by atoms with Gasteiger partial charge >= 0.3 is 6.09 Å². The Hall–Kier alpha value is -1.59. The van der Waals surface area contributed by atoms with Gasteiger partial charge < -0.3 is 14.2 Å². The molecule has 5 nitrogen and oxygen atoms in total. The highest BCUT2D eigenvalue weighted by molar-refractivity contribution is 5.84. The summed E-state index contributed by atoms with van der Waals surface area (Å²) in [5.74, 6) is 0. The largest absolute Gasteiger partial charge is 0.450 e. The number of amides is 1. The van der Waals surface area contributed by atoms with E-state index in [0.29, 0.717) is 25.5 Å². The van der Waals surface area contributed by atoms with Gasteiger partial charge in [-0.1, -0.05) is 12.1 Å². The van der Waals surface area contributed by atoms with E-state index >= 15 is 0 Å². The summed E-state index contributed by atoms with van der Waals surface area (Å²) >= 11 is 0. The van der Waals surface area contributed by atoms with Crippen LogP contribution in [-0.2, 0) is 14.2 Å². The van der Waals surface area contributed by atoms with E-state index in [1.165, 1.54) is 0 Å². The molecule has 1 amide bonds. The van der Waals surface area contributed by atoms with Gasteiger partial charge in [-0.15, -0.1) is 0 Å². The monoisotopic (exact) mass is 237 g/mol. The Labute approximate surface area is 99.7 Å². The summed E-state index contributed by atoms with van der Waals surface area (Å²) in [5, 5.41) is 2.62. The van der Waals surface area contributed by atoms with Crippen molar-refractivity contribution in [3.63, 3.8) is 0 Å². The van der Waals surface area contributed by atoms with E-state index < -0.39 is 6.09 Å². The van der Waals surface area contributed by atoms with Crippen molar-refractivity contribution in [2.45, 2.75) is 13.2 Å². The molecule has 1 aliphatic rings. The van der Waals surface area contributed by atoms with Crippen LogP contribution in [0.1, 0.15) is 18.8 Å². The van der Waals surface area contributed by atoms with Gasteiger partial charge in [-0.3, -0.25) is 5.32 Å². The lowest BCUT2D eigenvalue weighted by molar-refractivity contribution is -0.0441. The van der Waals surface area contributed by atoms with Crippen molar-refractivity contribution in [1.82, 2.24) is 0 Å². The molecule has 0 aromatic heterocycles. The molecule has 0 radical (unpaired) electrons. The molecule has 0 bridgehead atoms. The summed E-state index contributed by atoms with van der Waals surface area (Å²) in [7, 11) is 0. The molecular formula is C12H15NO4. The summed E-state index contributed by atoms with van der Waals surface area (Å²) in [6, 6.07) is 7.30. The lowest BCUT2D eigenvalue weighted by Crippen LogP contribution is -2.13. The molecule has 17 heavy (non-hydrogen) atoms. The highest BCUT2D eigenvalue weighted by Gasteiger charge is 2.17. The third kappa shape index (κ3) is 3.18. The molecule has 5 heteroatoms. The summed E-state index contributed by atoms with van der Waals surface area (Å²) < 4.78 is 15.5. The van der Waals surface area contributed by atoms with Crippen LogP contribution in [0.5, 0.6) is 0 Å². The molecule has 1 aromatic carbocycles. The fourth-order valence-electron chi connectivity index (χ4n) is 1.56. The molecular weight excluding hydrogens is 222 g/mol. The molecule has 0 unspecified atom stereocenters. The van der Waals surface area contributed by atoms with Crippen LogP contribution < -0.4 is 5.32 Å². The molecule has 0 spiro atoms. The Kier molecular flexibility index (Phi) is 3.95. The molecule has 0 atom stereocenters. The summed E-state index contributed by atoms with van der Waals surface area (Å²) in [5.41, 5.74) is 1.63. The minimum Gasteiger partial charge on any atom is -0.450 e. The maximum absolute atomic E-state index is 11.2. The normalized spacial score (nSPS) is 15.8. The summed E-state index contributed by atoms with van der Waals surface area (Å²) in [4.78, 5) is 11.2. The molecule has 1 N–H and O–H groups in total. The van der Waals surface area contributed by atoms with Gasteiger partial charge in [0.05, 0.1) is 19.8 Å². The first kappa shape index (κ1) is 11.9. The van der Waals surface area contributed by atoms with Crippen molar-refractivity contribution in [2.75, 3.05) is 25.1 Å². The van der Waals surface area contributed by atoms with Gasteiger partial charge in [-0.25, -0.2) is 4.79 Å². The summed E-state index contributed by atoms with van der Waals surface area (Å²) in [6.07, 6.45) is -0.736. The smallest absolute Gasteiger partial charge is 0.411 e. The van der Waals surface area contributed by atoms with Crippen LogP contribution in [0.2, 0.25) is 0 Å². The third-order valence-corrected chi connectivity index (χ3v) is 2.33. The zero-order valence-corrected chi connectivity index (χ0v) is 9.64. The second kappa shape index (κ2) is 5.65. The number of hydrogen-bond acceptors (Lipinski definition) is 4. The second-order valence-electron chi connectivity index (χ2n) is 3.54. The minimum atomic E-state index is -0.450. The number of nitrogens with one attached hydrogen (secondary N) is 1. The third-order valence-electron chi connectivity index (χ3n) is 2.33. The van der Waals surface area contributed by atoms with E-state index in [9.17, 15) is 4.79 Å². The standard InChI is InChI=1S/C12H15NO4/c1-2-15-12(14)13-10-5-3-9(4-6-10)11-16-7-8-17-11/h3-6,11H,2,7-8H2,1H3,(H,13,14). The van der Waals surface area contributed by atoms with E-state index in [1.54, 1.807) is 19.1 Å². The molecule has 0 aliphatic carbocycles. The molecule has 92 valence electrons. The molecule has 1 aliphatic heterocycles. The number of carbonyl (C=O) groups excluding carboxylic acids is 1. The number of rotatable bonds is 3. The van der Waals surface area contributed by atoms with Crippen molar-refractivity contribution < 1.29 is 19.0 Å². The van der Waals surface area contributed by atoms with Gasteiger partial charge in [-0.2, -0.15) is 0 Å². The van der Waals surface area contributed by atoms with Crippen molar-refractivity contribution in [3.8, 4) is 0 Å². The van der Waals surface area contributed by atoms with E-state index in [4.69, 9.17) is 14.2 Å². The van der Waals surface area contributed by atoms with Gasteiger partial charge in [-0.05, 0) is 19.1 Å². The Morgan fingerprint density at radius 1 is 1.35 bits per heavy atom. The Morgan fingerprint density at radius 3 is 2.59 bits per heavy atom. The maximum Gasteiger partial charge on any atom is 0.411 e. The van der Waals surface area contributed by atoms with Gasteiger partial charge in [0.1, 0.15) is 0 Å². The molecule has 1 heterocycles. The van der Waals surface area contributed by atoms with Crippen LogP contribution in [0.25, 0.3) is 0 Å². The molecule has 1 aromatic rings. The van der Waals surface area contributed by atoms with Crippen LogP contribution in [0.4, 0.5) is 10.5 Å². The van der Waals surface area contributed by atoms with Crippen molar-refractivity contribution in [1.29, 1.82) is 0 Å². The van der Waals surface area contributed by atoms with E-state index in [0.717, 1.165) is 5.56 Å². The molecule has 1 fully saturated rings. The first-order chi connectivity index (χ1) is 8.29. The Morgan fingerprint density at radius 2 is 2.00 bits per heavy atom. The zero-order chi connectivity index (χ0) is 12.1. The van der Waals surface area contributed by atoms with E-state index in [2.05, 4.69) is 5.32 Å². The fraction of sp³-hybridized carbons (Fsp3) is 0.417. The predicted molar refractivity (Wildman–Crippen MR) is 61.7 cm³/mol. The number of ether oxygens (including phenoxy) is 3. The van der Waals surface area contributed by atoms with Crippen LogP contribution in [-0.4, -0.2) is 25.9 Å². The molecule has 1 saturated heterocycles. The highest BCUT2D eigenvalue weighted by atomic mass is 16.7. The maximum atomic E-state index is 11.2. The van der Waals surface area contributed by atoms with Gasteiger partial charge in [0, 0.05) is 11.3 Å². The minimum absolute atomic E-state index is 0.286. The second-order valence-corrected chi connectivity index (χ2v) is 3.54. The van der Waals surface area contributed by atoms with Crippen LogP contribution in [0.3, 0.4) is 0 Å². The van der Waals surface area contributed by atoms with Crippen molar-refractivity contribution >= 4 is 11.8 Å². The number of carbonyl (C=O) groups is 1. The van der Waals surface area contributed by atoms with E-state index in [1.807, 2.05) is 12.1 Å². The van der Waals surface area contributed by atoms with Crippen LogP contribution in [0.15, 0.2) is 24.3 Å². The molecule has 2 rings (SSSR count). The quantitative estimate of drug-likeness (QED) is 0.876. The lowest BCUT2D eigenvalue weighted by atomic mass is 10.2. The van der Waals surface area contributed by atoms with Crippen molar-refractivity contribution in [3.05, 3.63) is 29.8 Å². The van der Waals surface area contributed by atoms with Crippen LogP contribution >= 0.6 is 0 Å².